The van der Waals surface area contributed by atoms with Crippen molar-refractivity contribution in [3.8, 4) is 0 Å². The average molecular weight is 245 g/mol. The van der Waals surface area contributed by atoms with Gasteiger partial charge in [-0.3, -0.25) is 4.79 Å². The lowest BCUT2D eigenvalue weighted by Gasteiger charge is -2.02. The van der Waals surface area contributed by atoms with Crippen molar-refractivity contribution < 1.29 is 9.53 Å². The Hall–Kier alpha value is -0.800. The van der Waals surface area contributed by atoms with Crippen LogP contribution in [-0.4, -0.2) is 12.6 Å². The lowest BCUT2D eigenvalue weighted by atomic mass is 10.3. The Kier molecular flexibility index (Phi) is 4.85. The maximum atomic E-state index is 11.2. The molecule has 0 bridgehead atoms. The van der Waals surface area contributed by atoms with Crippen LogP contribution in [0.2, 0.25) is 4.34 Å². The van der Waals surface area contributed by atoms with Gasteiger partial charge in [0.05, 0.1) is 10.8 Å². The van der Waals surface area contributed by atoms with Crippen LogP contribution in [0, 0.1) is 0 Å². The number of hydrogen-bond acceptors (Lipinski definition) is 3. The van der Waals surface area contributed by atoms with Crippen LogP contribution in [0.5, 0.6) is 0 Å². The molecule has 0 fully saturated rings. The Morgan fingerprint density at radius 2 is 2.33 bits per heavy atom. The van der Waals surface area contributed by atoms with Crippen molar-refractivity contribution in [2.75, 3.05) is 6.61 Å². The number of esters is 1. The summed E-state index contributed by atoms with van der Waals surface area (Å²) in [6.45, 7) is 5.79. The van der Waals surface area contributed by atoms with Crippen LogP contribution in [0.1, 0.15) is 18.2 Å². The van der Waals surface area contributed by atoms with Gasteiger partial charge in [-0.25, -0.2) is 0 Å². The fraction of sp³-hybridized carbons (Fsp3) is 0.364. The molecule has 2 nitrogen and oxygen atoms in total. The Labute approximate surface area is 98.5 Å². The highest BCUT2D eigenvalue weighted by molar-refractivity contribution is 7.16. The fourth-order valence-electron chi connectivity index (χ4n) is 0.987. The molecule has 1 rings (SSSR count). The SMILES string of the molecule is C=C(C)COC(=O)CCc1ccc(Cl)s1. The lowest BCUT2D eigenvalue weighted by molar-refractivity contribution is -0.142. The maximum Gasteiger partial charge on any atom is 0.306 e. The minimum Gasteiger partial charge on any atom is -0.461 e. The van der Waals surface area contributed by atoms with E-state index in [1.807, 2.05) is 19.1 Å². The van der Waals surface area contributed by atoms with Crippen LogP contribution >= 0.6 is 22.9 Å². The molecule has 0 aromatic carbocycles. The average Bonchev–Trinajstić information content (AvgIpc) is 2.58. The van der Waals surface area contributed by atoms with Crippen molar-refractivity contribution >= 4 is 28.9 Å². The van der Waals surface area contributed by atoms with E-state index >= 15 is 0 Å². The number of thiophene rings is 1. The number of aryl methyl sites for hydroxylation is 1. The number of rotatable bonds is 5. The molecule has 0 aliphatic carbocycles. The highest BCUT2D eigenvalue weighted by atomic mass is 35.5. The highest BCUT2D eigenvalue weighted by Gasteiger charge is 2.05. The molecule has 1 aromatic heterocycles. The Morgan fingerprint density at radius 3 is 2.87 bits per heavy atom. The van der Waals surface area contributed by atoms with E-state index in [9.17, 15) is 4.79 Å². The maximum absolute atomic E-state index is 11.2. The third-order valence-electron chi connectivity index (χ3n) is 1.68. The van der Waals surface area contributed by atoms with E-state index in [0.717, 1.165) is 14.8 Å². The van der Waals surface area contributed by atoms with Crippen LogP contribution in [0.25, 0.3) is 0 Å². The first-order valence-electron chi connectivity index (χ1n) is 4.62. The third kappa shape index (κ3) is 5.00. The Bertz CT molecular complexity index is 357. The van der Waals surface area contributed by atoms with E-state index in [4.69, 9.17) is 16.3 Å². The summed E-state index contributed by atoms with van der Waals surface area (Å²) in [7, 11) is 0. The van der Waals surface area contributed by atoms with Gasteiger partial charge in [0, 0.05) is 4.88 Å². The molecule has 15 heavy (non-hydrogen) atoms. The summed E-state index contributed by atoms with van der Waals surface area (Å²) in [6, 6.07) is 3.76. The van der Waals surface area contributed by atoms with Gasteiger partial charge in [-0.1, -0.05) is 18.2 Å². The molecule has 1 aromatic rings. The second kappa shape index (κ2) is 5.93. The predicted octanol–water partition coefficient (Wildman–Crippen LogP) is 3.45. The van der Waals surface area contributed by atoms with Crippen molar-refractivity contribution in [3.63, 3.8) is 0 Å². The summed E-state index contributed by atoms with van der Waals surface area (Å²) in [6.07, 6.45) is 1.08. The molecule has 0 aliphatic rings. The van der Waals surface area contributed by atoms with Crippen molar-refractivity contribution in [2.24, 2.45) is 0 Å². The second-order valence-corrected chi connectivity index (χ2v) is 5.12. The zero-order valence-electron chi connectivity index (χ0n) is 8.59. The summed E-state index contributed by atoms with van der Waals surface area (Å²) in [5.41, 5.74) is 0.850. The first kappa shape index (κ1) is 12.3. The summed E-state index contributed by atoms with van der Waals surface area (Å²) in [4.78, 5) is 12.3. The zero-order valence-corrected chi connectivity index (χ0v) is 10.2. The third-order valence-corrected chi connectivity index (χ3v) is 2.97. The summed E-state index contributed by atoms with van der Waals surface area (Å²) in [5, 5.41) is 0. The van der Waals surface area contributed by atoms with E-state index < -0.39 is 0 Å². The van der Waals surface area contributed by atoms with E-state index in [1.165, 1.54) is 11.3 Å². The van der Waals surface area contributed by atoms with Gasteiger partial charge in [0.15, 0.2) is 0 Å². The second-order valence-electron chi connectivity index (χ2n) is 3.32. The topological polar surface area (TPSA) is 26.3 Å². The monoisotopic (exact) mass is 244 g/mol. The van der Waals surface area contributed by atoms with Crippen LogP contribution in [-0.2, 0) is 16.0 Å². The molecule has 0 aliphatic heterocycles. The predicted molar refractivity (Wildman–Crippen MR) is 63.4 cm³/mol. The van der Waals surface area contributed by atoms with Crippen molar-refractivity contribution in [2.45, 2.75) is 19.8 Å². The molecule has 0 radical (unpaired) electrons. The molecule has 0 saturated carbocycles. The quantitative estimate of drug-likeness (QED) is 0.586. The van der Waals surface area contributed by atoms with E-state index in [2.05, 4.69) is 6.58 Å². The van der Waals surface area contributed by atoms with Gasteiger partial charge in [-0.05, 0) is 31.1 Å². The standard InChI is InChI=1S/C11H13ClO2S/c1-8(2)7-14-11(13)6-4-9-3-5-10(12)15-9/h3,5H,1,4,6-7H2,2H3. The molecule has 0 amide bonds. The molecule has 0 unspecified atom stereocenters. The van der Waals surface area contributed by atoms with E-state index in [0.29, 0.717) is 19.4 Å². The zero-order chi connectivity index (χ0) is 11.3. The van der Waals surface area contributed by atoms with Crippen LogP contribution in [0.4, 0.5) is 0 Å². The first-order valence-corrected chi connectivity index (χ1v) is 5.81. The van der Waals surface area contributed by atoms with Crippen LogP contribution in [0.3, 0.4) is 0 Å². The minimum atomic E-state index is -0.192. The smallest absolute Gasteiger partial charge is 0.306 e. The fourth-order valence-corrected chi connectivity index (χ4v) is 2.07. The number of carbonyl (C=O) groups excluding carboxylic acids is 1. The van der Waals surface area contributed by atoms with E-state index in [-0.39, 0.29) is 5.97 Å². The van der Waals surface area contributed by atoms with Crippen LogP contribution < -0.4 is 0 Å². The molecular formula is C11H13ClO2S. The minimum absolute atomic E-state index is 0.192. The summed E-state index contributed by atoms with van der Waals surface area (Å²) >= 11 is 7.26. The Balaban J connectivity index is 2.25. The van der Waals surface area contributed by atoms with Crippen molar-refractivity contribution in [3.05, 3.63) is 33.5 Å². The molecule has 82 valence electrons. The Morgan fingerprint density at radius 1 is 1.60 bits per heavy atom. The largest absolute Gasteiger partial charge is 0.461 e. The van der Waals surface area contributed by atoms with Gasteiger partial charge in [-0.15, -0.1) is 11.3 Å². The van der Waals surface area contributed by atoms with Crippen LogP contribution in [0.15, 0.2) is 24.3 Å². The summed E-state index contributed by atoms with van der Waals surface area (Å²) in [5.74, 6) is -0.192. The van der Waals surface area contributed by atoms with E-state index in [1.54, 1.807) is 0 Å². The molecule has 0 spiro atoms. The van der Waals surface area contributed by atoms with Gasteiger partial charge in [-0.2, -0.15) is 0 Å². The van der Waals surface area contributed by atoms with Gasteiger partial charge < -0.3 is 4.74 Å². The van der Waals surface area contributed by atoms with Gasteiger partial charge in [0.25, 0.3) is 0 Å². The number of hydrogen-bond donors (Lipinski definition) is 0. The number of carbonyl (C=O) groups is 1. The lowest BCUT2D eigenvalue weighted by Crippen LogP contribution is -2.06. The van der Waals surface area contributed by atoms with Crippen molar-refractivity contribution in [1.82, 2.24) is 0 Å². The van der Waals surface area contributed by atoms with Gasteiger partial charge >= 0.3 is 5.97 Å². The van der Waals surface area contributed by atoms with Gasteiger partial charge in [0.2, 0.25) is 0 Å². The molecule has 4 heteroatoms. The van der Waals surface area contributed by atoms with Gasteiger partial charge in [0.1, 0.15) is 6.61 Å². The number of ether oxygens (including phenoxy) is 1. The number of halogens is 1. The summed E-state index contributed by atoms with van der Waals surface area (Å²) < 4.78 is 5.72. The normalized spacial score (nSPS) is 10.0. The molecule has 0 atom stereocenters. The highest BCUT2D eigenvalue weighted by Crippen LogP contribution is 2.22. The van der Waals surface area contributed by atoms with Crippen molar-refractivity contribution in [1.29, 1.82) is 0 Å². The first-order chi connectivity index (χ1) is 7.08. The molecular weight excluding hydrogens is 232 g/mol. The molecule has 0 N–H and O–H groups in total. The molecule has 0 saturated heterocycles. The molecule has 1 heterocycles.